The lowest BCUT2D eigenvalue weighted by Gasteiger charge is -2.29. The van der Waals surface area contributed by atoms with E-state index in [4.69, 9.17) is 4.74 Å². The van der Waals surface area contributed by atoms with E-state index >= 15 is 0 Å². The van der Waals surface area contributed by atoms with Crippen LogP contribution in [0.25, 0.3) is 0 Å². The summed E-state index contributed by atoms with van der Waals surface area (Å²) < 4.78 is 34.1. The van der Waals surface area contributed by atoms with E-state index in [1.165, 1.54) is 31.5 Å². The van der Waals surface area contributed by atoms with Crippen LogP contribution >= 0.6 is 0 Å². The number of nitrogens with one attached hydrogen (secondary N) is 1. The minimum atomic E-state index is -2.97. The molecule has 1 saturated heterocycles. The monoisotopic (exact) mass is 367 g/mol. The van der Waals surface area contributed by atoms with Crippen LogP contribution in [-0.2, 0) is 4.79 Å². The number of halogens is 2. The molecule has 9 heteroatoms. The number of imide groups is 1. The van der Waals surface area contributed by atoms with Gasteiger partial charge in [0.15, 0.2) is 11.5 Å². The summed E-state index contributed by atoms with van der Waals surface area (Å²) in [6.45, 7) is -2.97. The van der Waals surface area contributed by atoms with Crippen LogP contribution in [0, 0.1) is 0 Å². The van der Waals surface area contributed by atoms with Crippen molar-refractivity contribution in [1.29, 1.82) is 0 Å². The summed E-state index contributed by atoms with van der Waals surface area (Å²) in [4.78, 5) is 24.7. The molecule has 3 amide bonds. The molecule has 3 rings (SSSR count). The number of benzene rings is 1. The van der Waals surface area contributed by atoms with E-state index in [1.54, 1.807) is 0 Å². The molecule has 1 aromatic rings. The average Bonchev–Trinajstić information content (AvgIpc) is 2.84. The van der Waals surface area contributed by atoms with Crippen molar-refractivity contribution in [3.8, 4) is 11.5 Å². The fourth-order valence-corrected chi connectivity index (χ4v) is 3.29. The van der Waals surface area contributed by atoms with Crippen molar-refractivity contribution in [3.63, 3.8) is 0 Å². The molecule has 2 aliphatic rings. The Balaban J connectivity index is 1.77. The van der Waals surface area contributed by atoms with Gasteiger partial charge in [-0.3, -0.25) is 4.79 Å². The maximum atomic E-state index is 12.6. The quantitative estimate of drug-likeness (QED) is 0.641. The fraction of sp³-hybridized carbons (Fsp3) is 0.471. The molecule has 1 N–H and O–H groups in total. The molecule has 0 aromatic heterocycles. The molecule has 2 fully saturated rings. The molecule has 0 bridgehead atoms. The number of hydrogen-bond acceptors (Lipinski definition) is 5. The van der Waals surface area contributed by atoms with E-state index < -0.39 is 18.2 Å². The van der Waals surface area contributed by atoms with Crippen LogP contribution in [0.2, 0.25) is 0 Å². The number of ether oxygens (including phenoxy) is 2. The van der Waals surface area contributed by atoms with Gasteiger partial charge in [-0.15, -0.1) is 5.01 Å². The summed E-state index contributed by atoms with van der Waals surface area (Å²) in [5.74, 6) is -0.380. The van der Waals surface area contributed by atoms with Gasteiger partial charge in [-0.2, -0.15) is 13.9 Å². The molecule has 26 heavy (non-hydrogen) atoms. The van der Waals surface area contributed by atoms with Crippen LogP contribution < -0.4 is 14.8 Å². The van der Waals surface area contributed by atoms with E-state index in [0.717, 1.165) is 24.3 Å². The minimum absolute atomic E-state index is 0.0928. The highest BCUT2D eigenvalue weighted by Crippen LogP contribution is 2.34. The Labute approximate surface area is 148 Å². The van der Waals surface area contributed by atoms with E-state index in [1.807, 2.05) is 0 Å². The SMILES string of the molecule is COc1cc(/C=N\N2C(=O)NC3(CCCCC3)C2=O)ccc1OC(F)F. The zero-order valence-electron chi connectivity index (χ0n) is 14.2. The summed E-state index contributed by atoms with van der Waals surface area (Å²) in [5, 5.41) is 7.55. The number of carbonyl (C=O) groups excluding carboxylic acids is 2. The fourth-order valence-electron chi connectivity index (χ4n) is 3.29. The number of hydrazone groups is 1. The third kappa shape index (κ3) is 3.47. The second-order valence-electron chi connectivity index (χ2n) is 6.22. The van der Waals surface area contributed by atoms with Crippen LogP contribution in [0.5, 0.6) is 11.5 Å². The lowest BCUT2D eigenvalue weighted by atomic mass is 9.82. The standard InChI is InChI=1S/C17H19F2N3O4/c1-25-13-9-11(5-6-12(13)26-15(18)19)10-20-22-14(23)17(21-16(22)24)7-3-2-4-8-17/h5-6,9-10,15H,2-4,7-8H2,1H3,(H,21,24)/b20-10-. The Bertz CT molecular complexity index is 733. The van der Waals surface area contributed by atoms with Gasteiger partial charge in [0.1, 0.15) is 5.54 Å². The number of urea groups is 1. The minimum Gasteiger partial charge on any atom is -0.493 e. The highest BCUT2D eigenvalue weighted by atomic mass is 19.3. The van der Waals surface area contributed by atoms with E-state index in [9.17, 15) is 18.4 Å². The lowest BCUT2D eigenvalue weighted by molar-refractivity contribution is -0.132. The molecule has 1 saturated carbocycles. The molecule has 0 radical (unpaired) electrons. The molecule has 0 unspecified atom stereocenters. The summed E-state index contributed by atoms with van der Waals surface area (Å²) >= 11 is 0. The van der Waals surface area contributed by atoms with Crippen molar-refractivity contribution in [2.24, 2.45) is 5.10 Å². The van der Waals surface area contributed by atoms with Crippen molar-refractivity contribution in [3.05, 3.63) is 23.8 Å². The first kappa shape index (κ1) is 18.1. The molecule has 0 atom stereocenters. The Hall–Kier alpha value is -2.71. The van der Waals surface area contributed by atoms with E-state index in [2.05, 4.69) is 15.2 Å². The maximum Gasteiger partial charge on any atom is 0.387 e. The van der Waals surface area contributed by atoms with Gasteiger partial charge < -0.3 is 14.8 Å². The van der Waals surface area contributed by atoms with E-state index in [-0.39, 0.29) is 17.4 Å². The Morgan fingerprint density at radius 1 is 1.23 bits per heavy atom. The van der Waals surface area contributed by atoms with Gasteiger partial charge in [0.05, 0.1) is 13.3 Å². The highest BCUT2D eigenvalue weighted by molar-refractivity contribution is 6.07. The summed E-state index contributed by atoms with van der Waals surface area (Å²) in [5.41, 5.74) is -0.382. The number of hydrogen-bond donors (Lipinski definition) is 1. The Morgan fingerprint density at radius 2 is 1.96 bits per heavy atom. The molecular formula is C17H19F2N3O4. The van der Waals surface area contributed by atoms with Gasteiger partial charge in [0.25, 0.3) is 5.91 Å². The summed E-state index contributed by atoms with van der Waals surface area (Å²) in [7, 11) is 1.32. The smallest absolute Gasteiger partial charge is 0.387 e. The van der Waals surface area contributed by atoms with E-state index in [0.29, 0.717) is 18.4 Å². The van der Waals surface area contributed by atoms with Crippen molar-refractivity contribution in [1.82, 2.24) is 10.3 Å². The van der Waals surface area contributed by atoms with Gasteiger partial charge in [0, 0.05) is 0 Å². The third-order valence-corrected chi connectivity index (χ3v) is 4.57. The topological polar surface area (TPSA) is 80.2 Å². The van der Waals surface area contributed by atoms with Gasteiger partial charge in [0.2, 0.25) is 0 Å². The molecule has 1 aliphatic carbocycles. The Kier molecular flexibility index (Phi) is 5.06. The van der Waals surface area contributed by atoms with Crippen LogP contribution in [0.1, 0.15) is 37.7 Å². The molecule has 1 aromatic carbocycles. The molecule has 7 nitrogen and oxygen atoms in total. The first-order valence-corrected chi connectivity index (χ1v) is 8.29. The third-order valence-electron chi connectivity index (χ3n) is 4.57. The average molecular weight is 367 g/mol. The number of carbonyl (C=O) groups is 2. The number of methoxy groups -OCH3 is 1. The van der Waals surface area contributed by atoms with Gasteiger partial charge >= 0.3 is 12.6 Å². The highest BCUT2D eigenvalue weighted by Gasteiger charge is 2.51. The molecule has 140 valence electrons. The van der Waals surface area contributed by atoms with Gasteiger partial charge in [-0.25, -0.2) is 4.79 Å². The van der Waals surface area contributed by atoms with Crippen LogP contribution in [0.15, 0.2) is 23.3 Å². The zero-order chi connectivity index (χ0) is 18.7. The van der Waals surface area contributed by atoms with Gasteiger partial charge in [-0.05, 0) is 36.6 Å². The largest absolute Gasteiger partial charge is 0.493 e. The second-order valence-corrected chi connectivity index (χ2v) is 6.22. The van der Waals surface area contributed by atoms with Crippen LogP contribution in [-0.4, -0.2) is 42.4 Å². The predicted octanol–water partition coefficient (Wildman–Crippen LogP) is 2.89. The maximum absolute atomic E-state index is 12.6. The number of nitrogens with zero attached hydrogens (tertiary/aromatic N) is 2. The number of alkyl halides is 2. The van der Waals surface area contributed by atoms with Crippen molar-refractivity contribution in [2.75, 3.05) is 7.11 Å². The van der Waals surface area contributed by atoms with Gasteiger partial charge in [-0.1, -0.05) is 19.3 Å². The van der Waals surface area contributed by atoms with Crippen LogP contribution in [0.4, 0.5) is 13.6 Å². The summed E-state index contributed by atoms with van der Waals surface area (Å²) in [6.07, 6.45) is 5.32. The normalized spacial score (nSPS) is 19.5. The molecule has 1 spiro atoms. The van der Waals surface area contributed by atoms with Crippen molar-refractivity contribution in [2.45, 2.75) is 44.3 Å². The summed E-state index contributed by atoms with van der Waals surface area (Å²) in [6, 6.07) is 3.65. The van der Waals surface area contributed by atoms with Crippen LogP contribution in [0.3, 0.4) is 0 Å². The van der Waals surface area contributed by atoms with Crippen molar-refractivity contribution < 1.29 is 27.8 Å². The number of rotatable bonds is 5. The first-order valence-electron chi connectivity index (χ1n) is 8.29. The molecular weight excluding hydrogens is 348 g/mol. The predicted molar refractivity (Wildman–Crippen MR) is 88.4 cm³/mol. The Morgan fingerprint density at radius 3 is 2.62 bits per heavy atom. The molecule has 1 aliphatic heterocycles. The zero-order valence-corrected chi connectivity index (χ0v) is 14.2. The molecule has 1 heterocycles. The lowest BCUT2D eigenvalue weighted by Crippen LogP contribution is -2.48. The van der Waals surface area contributed by atoms with Crippen molar-refractivity contribution >= 4 is 18.2 Å². The number of amides is 3. The first-order chi connectivity index (χ1) is 12.4. The second kappa shape index (κ2) is 7.27.